The zero-order valence-electron chi connectivity index (χ0n) is 17.0. The molecule has 1 aromatic rings. The number of nitrogens with zero attached hydrogens (tertiary/aromatic N) is 2. The fraction of sp³-hybridized carbons (Fsp3) is 0.667. The molecule has 0 spiro atoms. The molecule has 0 bridgehead atoms. The molecule has 6 nitrogen and oxygen atoms in total. The average Bonchev–Trinajstić information content (AvgIpc) is 2.98. The first-order chi connectivity index (χ1) is 13.9. The molecule has 2 aliphatic heterocycles. The van der Waals surface area contributed by atoms with Gasteiger partial charge < -0.3 is 10.2 Å². The Morgan fingerprint density at radius 2 is 1.62 bits per heavy atom. The second-order valence-electron chi connectivity index (χ2n) is 8.11. The maximum Gasteiger partial charge on any atom is 0.243 e. The lowest BCUT2D eigenvalue weighted by atomic mass is 9.94. The molecule has 3 rings (SSSR count). The maximum atomic E-state index is 12.7. The predicted octanol–water partition coefficient (Wildman–Crippen LogP) is 3.12. The van der Waals surface area contributed by atoms with Crippen molar-refractivity contribution in [1.29, 1.82) is 0 Å². The normalized spacial score (nSPS) is 20.3. The number of nitrogens with one attached hydrogen (secondary N) is 1. The minimum Gasteiger partial charge on any atom is -0.355 e. The quantitative estimate of drug-likeness (QED) is 0.705. The minimum atomic E-state index is -3.49. The van der Waals surface area contributed by atoms with E-state index < -0.39 is 10.0 Å². The number of piperidine rings is 1. The zero-order valence-corrected chi connectivity index (χ0v) is 18.6. The number of carbonyl (C=O) groups excluding carboxylic acids is 1. The molecule has 0 aliphatic carbocycles. The summed E-state index contributed by atoms with van der Waals surface area (Å²) in [5.41, 5.74) is 0. The predicted molar refractivity (Wildman–Crippen MR) is 115 cm³/mol. The number of sulfonamides is 1. The first-order valence-electron chi connectivity index (χ1n) is 10.7. The molecule has 2 fully saturated rings. The molecule has 0 aromatic heterocycles. The highest BCUT2D eigenvalue weighted by atomic mass is 35.5. The summed E-state index contributed by atoms with van der Waals surface area (Å²) in [6, 6.07) is 6.28. The van der Waals surface area contributed by atoms with E-state index in [0.717, 1.165) is 19.6 Å². The van der Waals surface area contributed by atoms with Crippen molar-refractivity contribution in [3.05, 3.63) is 29.3 Å². The van der Waals surface area contributed by atoms with E-state index in [1.165, 1.54) is 30.0 Å². The molecule has 2 saturated heterocycles. The average molecular weight is 442 g/mol. The Balaban J connectivity index is 1.38. The van der Waals surface area contributed by atoms with Gasteiger partial charge in [0.1, 0.15) is 0 Å². The van der Waals surface area contributed by atoms with Gasteiger partial charge in [-0.15, -0.1) is 0 Å². The largest absolute Gasteiger partial charge is 0.355 e. The van der Waals surface area contributed by atoms with E-state index in [1.54, 1.807) is 24.3 Å². The molecule has 162 valence electrons. The van der Waals surface area contributed by atoms with Crippen molar-refractivity contribution in [3.8, 4) is 0 Å². The number of halogens is 1. The summed E-state index contributed by atoms with van der Waals surface area (Å²) in [5.74, 6) is 0.323. The Kier molecular flexibility index (Phi) is 8.35. The van der Waals surface area contributed by atoms with Crippen LogP contribution in [0.3, 0.4) is 0 Å². The summed E-state index contributed by atoms with van der Waals surface area (Å²) in [4.78, 5) is 15.0. The smallest absolute Gasteiger partial charge is 0.243 e. The standard InChI is InChI=1S/C21H32ClN3O3S/c22-19-5-7-20(8-6-19)29(27,28)25-14-9-18(10-15-25)17-21(26)23-11-16-24-12-3-1-2-4-13-24/h5-8,18H,1-4,9-17H2,(H,23,26). The Morgan fingerprint density at radius 1 is 1.00 bits per heavy atom. The summed E-state index contributed by atoms with van der Waals surface area (Å²) < 4.78 is 27.0. The summed E-state index contributed by atoms with van der Waals surface area (Å²) in [5, 5.41) is 3.56. The lowest BCUT2D eigenvalue weighted by molar-refractivity contribution is -0.122. The van der Waals surface area contributed by atoms with Gasteiger partial charge in [-0.2, -0.15) is 4.31 Å². The summed E-state index contributed by atoms with van der Waals surface area (Å²) in [7, 11) is -3.49. The number of benzene rings is 1. The third kappa shape index (κ3) is 6.67. The van der Waals surface area contributed by atoms with E-state index >= 15 is 0 Å². The summed E-state index contributed by atoms with van der Waals surface area (Å²) in [6.07, 6.45) is 7.05. The van der Waals surface area contributed by atoms with Crippen LogP contribution in [0.2, 0.25) is 5.02 Å². The second-order valence-corrected chi connectivity index (χ2v) is 10.5. The van der Waals surface area contributed by atoms with Gasteiger partial charge in [0.25, 0.3) is 0 Å². The molecule has 1 amide bonds. The molecule has 0 saturated carbocycles. The van der Waals surface area contributed by atoms with Crippen LogP contribution in [0.25, 0.3) is 0 Å². The van der Waals surface area contributed by atoms with Crippen LogP contribution in [-0.4, -0.2) is 62.8 Å². The van der Waals surface area contributed by atoms with Gasteiger partial charge in [-0.05, 0) is 69.0 Å². The van der Waals surface area contributed by atoms with Gasteiger partial charge in [0.2, 0.25) is 15.9 Å². The fourth-order valence-electron chi connectivity index (χ4n) is 4.16. The molecule has 1 N–H and O–H groups in total. The molecule has 29 heavy (non-hydrogen) atoms. The molecule has 2 aliphatic rings. The van der Waals surface area contributed by atoms with Gasteiger partial charge in [-0.25, -0.2) is 8.42 Å². The Labute approximate surface area is 179 Å². The topological polar surface area (TPSA) is 69.7 Å². The van der Waals surface area contributed by atoms with Crippen molar-refractivity contribution in [2.75, 3.05) is 39.3 Å². The first-order valence-corrected chi connectivity index (χ1v) is 12.5. The van der Waals surface area contributed by atoms with Gasteiger partial charge in [0.15, 0.2) is 0 Å². The Bertz CT molecular complexity index is 754. The van der Waals surface area contributed by atoms with Gasteiger partial charge in [0, 0.05) is 37.6 Å². The number of likely N-dealkylation sites (tertiary alicyclic amines) is 1. The van der Waals surface area contributed by atoms with Crippen molar-refractivity contribution in [1.82, 2.24) is 14.5 Å². The highest BCUT2D eigenvalue weighted by molar-refractivity contribution is 7.89. The van der Waals surface area contributed by atoms with Crippen LogP contribution in [0.1, 0.15) is 44.9 Å². The Hall–Kier alpha value is -1.15. The molecule has 1 aromatic carbocycles. The monoisotopic (exact) mass is 441 g/mol. The van der Waals surface area contributed by atoms with Crippen molar-refractivity contribution >= 4 is 27.5 Å². The third-order valence-corrected chi connectivity index (χ3v) is 8.11. The van der Waals surface area contributed by atoms with E-state index in [2.05, 4.69) is 10.2 Å². The molecule has 0 unspecified atom stereocenters. The zero-order chi connectivity index (χ0) is 20.7. The van der Waals surface area contributed by atoms with Crippen molar-refractivity contribution in [2.24, 2.45) is 5.92 Å². The van der Waals surface area contributed by atoms with E-state index in [9.17, 15) is 13.2 Å². The number of hydrogen-bond donors (Lipinski definition) is 1. The van der Waals surface area contributed by atoms with Crippen LogP contribution in [-0.2, 0) is 14.8 Å². The van der Waals surface area contributed by atoms with E-state index in [1.807, 2.05) is 0 Å². The van der Waals surface area contributed by atoms with E-state index in [-0.39, 0.29) is 16.7 Å². The molecular formula is C21H32ClN3O3S. The molecule has 8 heteroatoms. The van der Waals surface area contributed by atoms with Gasteiger partial charge in [-0.3, -0.25) is 4.79 Å². The van der Waals surface area contributed by atoms with Crippen molar-refractivity contribution in [3.63, 3.8) is 0 Å². The van der Waals surface area contributed by atoms with Crippen LogP contribution in [0.5, 0.6) is 0 Å². The van der Waals surface area contributed by atoms with Crippen molar-refractivity contribution in [2.45, 2.75) is 49.8 Å². The van der Waals surface area contributed by atoms with Gasteiger partial charge >= 0.3 is 0 Å². The van der Waals surface area contributed by atoms with Gasteiger partial charge in [0.05, 0.1) is 4.90 Å². The third-order valence-electron chi connectivity index (χ3n) is 5.95. The number of amides is 1. The highest BCUT2D eigenvalue weighted by Crippen LogP contribution is 2.26. The lowest BCUT2D eigenvalue weighted by Gasteiger charge is -2.31. The van der Waals surface area contributed by atoms with Crippen LogP contribution < -0.4 is 5.32 Å². The fourth-order valence-corrected chi connectivity index (χ4v) is 5.75. The van der Waals surface area contributed by atoms with Crippen molar-refractivity contribution < 1.29 is 13.2 Å². The van der Waals surface area contributed by atoms with E-state index in [0.29, 0.717) is 43.9 Å². The first kappa shape index (κ1) is 22.5. The van der Waals surface area contributed by atoms with Crippen LogP contribution in [0.4, 0.5) is 0 Å². The second kappa shape index (κ2) is 10.8. The number of carbonyl (C=O) groups is 1. The molecule has 2 heterocycles. The lowest BCUT2D eigenvalue weighted by Crippen LogP contribution is -2.40. The van der Waals surface area contributed by atoms with Gasteiger partial charge in [-0.1, -0.05) is 24.4 Å². The van der Waals surface area contributed by atoms with E-state index in [4.69, 9.17) is 11.6 Å². The Morgan fingerprint density at radius 3 is 2.24 bits per heavy atom. The SMILES string of the molecule is O=C(CC1CCN(S(=O)(=O)c2ccc(Cl)cc2)CC1)NCCN1CCCCCC1. The van der Waals surface area contributed by atoms with Crippen LogP contribution in [0.15, 0.2) is 29.2 Å². The number of hydrogen-bond acceptors (Lipinski definition) is 4. The highest BCUT2D eigenvalue weighted by Gasteiger charge is 2.30. The van der Waals surface area contributed by atoms with Crippen LogP contribution in [0, 0.1) is 5.92 Å². The number of rotatable bonds is 7. The molecule has 0 atom stereocenters. The molecule has 0 radical (unpaired) electrons. The summed E-state index contributed by atoms with van der Waals surface area (Å²) >= 11 is 5.85. The maximum absolute atomic E-state index is 12.7. The van der Waals surface area contributed by atoms with Crippen LogP contribution >= 0.6 is 11.6 Å². The molecular weight excluding hydrogens is 410 g/mol. The summed E-state index contributed by atoms with van der Waals surface area (Å²) in [6.45, 7) is 4.80. The minimum absolute atomic E-state index is 0.0823.